The van der Waals surface area contributed by atoms with Crippen LogP contribution in [0, 0.1) is 29.6 Å². The van der Waals surface area contributed by atoms with Crippen LogP contribution in [-0.4, -0.2) is 10.2 Å². The van der Waals surface area contributed by atoms with Crippen LogP contribution < -0.4 is 0 Å². The van der Waals surface area contributed by atoms with E-state index in [4.69, 9.17) is 0 Å². The summed E-state index contributed by atoms with van der Waals surface area (Å²) in [5.41, 5.74) is 0.721. The van der Waals surface area contributed by atoms with E-state index in [0.717, 1.165) is 29.4 Å². The van der Waals surface area contributed by atoms with Gasteiger partial charge in [-0.3, -0.25) is 4.79 Å². The summed E-state index contributed by atoms with van der Waals surface area (Å²) in [6.07, 6.45) is 4.18. The normalized spacial score (nSPS) is 45.5. The van der Waals surface area contributed by atoms with E-state index in [0.29, 0.717) is 11.7 Å². The Balaban J connectivity index is 1.60. The fourth-order valence-electron chi connectivity index (χ4n) is 4.19. The highest BCUT2D eigenvalue weighted by Gasteiger charge is 2.67. The van der Waals surface area contributed by atoms with Gasteiger partial charge >= 0.3 is 0 Å². The number of hydrogen-bond acceptors (Lipinski definition) is 3. The highest BCUT2D eigenvalue weighted by molar-refractivity contribution is 7.03. The van der Waals surface area contributed by atoms with Crippen molar-refractivity contribution in [3.63, 3.8) is 0 Å². The molecule has 4 unspecified atom stereocenters. The number of hydrogen-bond donors (Lipinski definition) is 0. The number of nitrogens with zero attached hydrogens (tertiary/aromatic N) is 1. The molecule has 0 radical (unpaired) electrons. The first-order valence-electron chi connectivity index (χ1n) is 5.81. The maximum Gasteiger partial charge on any atom is 0.185 e. The Morgan fingerprint density at radius 2 is 2.07 bits per heavy atom. The van der Waals surface area contributed by atoms with Crippen molar-refractivity contribution in [1.29, 1.82) is 0 Å². The molecule has 0 aromatic carbocycles. The predicted octanol–water partition coefficient (Wildman–Crippen LogP) is 2.62. The molecule has 0 aliphatic heterocycles. The van der Waals surface area contributed by atoms with E-state index in [9.17, 15) is 4.79 Å². The fraction of sp³-hybridized carbons (Fsp3) is 0.667. The number of rotatable bonds is 2. The highest BCUT2D eigenvalue weighted by Crippen LogP contribution is 2.69. The molecule has 4 atom stereocenters. The minimum Gasteiger partial charge on any atom is -0.292 e. The van der Waals surface area contributed by atoms with Crippen molar-refractivity contribution in [3.05, 3.63) is 17.1 Å². The molecule has 2 nitrogen and oxygen atoms in total. The second-order valence-corrected chi connectivity index (χ2v) is 5.93. The third-order valence-electron chi connectivity index (χ3n) is 4.73. The van der Waals surface area contributed by atoms with Crippen molar-refractivity contribution < 1.29 is 4.79 Å². The van der Waals surface area contributed by atoms with Crippen LogP contribution in [0.3, 0.4) is 0 Å². The Morgan fingerprint density at radius 1 is 1.33 bits per heavy atom. The lowest BCUT2D eigenvalue weighted by molar-refractivity contribution is 0.0940. The molecular formula is C12H13NOS. The highest BCUT2D eigenvalue weighted by atomic mass is 32.1. The molecular weight excluding hydrogens is 206 g/mol. The zero-order chi connectivity index (χ0) is 9.99. The van der Waals surface area contributed by atoms with Gasteiger partial charge in [0.15, 0.2) is 5.78 Å². The first-order valence-corrected chi connectivity index (χ1v) is 6.64. The summed E-state index contributed by atoms with van der Waals surface area (Å²) < 4.78 is 4.17. The Hall–Kier alpha value is -0.700. The first kappa shape index (κ1) is 8.45. The molecule has 4 rings (SSSR count). The van der Waals surface area contributed by atoms with E-state index in [-0.39, 0.29) is 0 Å². The average molecular weight is 219 g/mol. The summed E-state index contributed by atoms with van der Waals surface area (Å²) in [5, 5.41) is 1.90. The number of ketones is 1. The molecule has 3 aliphatic rings. The van der Waals surface area contributed by atoms with E-state index < -0.39 is 0 Å². The van der Waals surface area contributed by atoms with Gasteiger partial charge < -0.3 is 0 Å². The van der Waals surface area contributed by atoms with Crippen LogP contribution in [0.25, 0.3) is 0 Å². The minimum absolute atomic E-state index is 0.336. The molecule has 78 valence electrons. The van der Waals surface area contributed by atoms with E-state index >= 15 is 0 Å². The number of Topliss-reactive ketones (excluding diaryl/α,β-unsaturated/α-hetero) is 1. The molecule has 0 spiro atoms. The quantitative estimate of drug-likeness (QED) is 0.716. The zero-order valence-corrected chi connectivity index (χ0v) is 9.24. The molecule has 15 heavy (non-hydrogen) atoms. The topological polar surface area (TPSA) is 30.0 Å². The van der Waals surface area contributed by atoms with Crippen LogP contribution in [-0.2, 0) is 0 Å². The molecule has 0 saturated heterocycles. The van der Waals surface area contributed by atoms with Crippen molar-refractivity contribution in [2.45, 2.75) is 19.3 Å². The van der Waals surface area contributed by atoms with Gasteiger partial charge in [-0.2, -0.15) is 4.37 Å². The molecule has 3 saturated carbocycles. The van der Waals surface area contributed by atoms with Gasteiger partial charge in [0.05, 0.1) is 0 Å². The summed E-state index contributed by atoms with van der Waals surface area (Å²) in [6, 6.07) is 1.88. The van der Waals surface area contributed by atoms with E-state index in [1.54, 1.807) is 0 Å². The van der Waals surface area contributed by atoms with Crippen LogP contribution >= 0.6 is 11.5 Å². The lowest BCUT2D eigenvalue weighted by atomic mass is 9.98. The van der Waals surface area contributed by atoms with Crippen molar-refractivity contribution in [3.8, 4) is 0 Å². The number of fused-ring (bicyclic) bond motifs is 5. The van der Waals surface area contributed by atoms with E-state index in [1.807, 2.05) is 11.4 Å². The molecule has 3 heteroatoms. The summed E-state index contributed by atoms with van der Waals surface area (Å²) in [7, 11) is 0. The summed E-state index contributed by atoms with van der Waals surface area (Å²) in [5.74, 6) is 3.96. The van der Waals surface area contributed by atoms with Crippen LogP contribution in [0.4, 0.5) is 0 Å². The smallest absolute Gasteiger partial charge is 0.185 e. The lowest BCUT2D eigenvalue weighted by Crippen LogP contribution is -2.10. The zero-order valence-electron chi connectivity index (χ0n) is 8.43. The molecule has 0 amide bonds. The third kappa shape index (κ3) is 0.996. The first-order chi connectivity index (χ1) is 7.36. The second kappa shape index (κ2) is 2.70. The van der Waals surface area contributed by atoms with Crippen LogP contribution in [0.2, 0.25) is 0 Å². The van der Waals surface area contributed by atoms with Gasteiger partial charge in [0.2, 0.25) is 0 Å². The average Bonchev–Trinajstić information content (AvgIpc) is 2.70. The van der Waals surface area contributed by atoms with Crippen molar-refractivity contribution in [2.24, 2.45) is 29.6 Å². The molecule has 3 fully saturated rings. The Labute approximate surface area is 92.9 Å². The Morgan fingerprint density at radius 3 is 2.67 bits per heavy atom. The third-order valence-corrected chi connectivity index (χ3v) is 5.29. The molecule has 2 bridgehead atoms. The maximum atomic E-state index is 12.1. The van der Waals surface area contributed by atoms with Crippen LogP contribution in [0.5, 0.6) is 0 Å². The van der Waals surface area contributed by atoms with Gasteiger partial charge in [-0.05, 0) is 60.5 Å². The van der Waals surface area contributed by atoms with Gasteiger partial charge in [-0.15, -0.1) is 0 Å². The number of aromatic nitrogens is 1. The fourth-order valence-corrected chi connectivity index (χ4v) is 4.70. The standard InChI is InChI=1S/C12H13NOS/c14-12(8-3-4-15-13-8)11-9-6-1-2-7(5-6)10(9)11/h3-4,6-7,9-11H,1-2,5H2. The minimum atomic E-state index is 0.336. The van der Waals surface area contributed by atoms with Crippen molar-refractivity contribution in [1.82, 2.24) is 4.37 Å². The Bertz CT molecular complexity index is 397. The number of carbonyl (C=O) groups is 1. The van der Waals surface area contributed by atoms with Gasteiger partial charge in [0.1, 0.15) is 5.69 Å². The SMILES string of the molecule is O=C(c1ccsn1)C1C2C3CCC(C3)C12. The predicted molar refractivity (Wildman–Crippen MR) is 57.7 cm³/mol. The van der Waals surface area contributed by atoms with E-state index in [2.05, 4.69) is 4.37 Å². The molecule has 1 heterocycles. The van der Waals surface area contributed by atoms with Crippen LogP contribution in [0.15, 0.2) is 11.4 Å². The van der Waals surface area contributed by atoms with Crippen molar-refractivity contribution >= 4 is 17.3 Å². The maximum absolute atomic E-state index is 12.1. The van der Waals surface area contributed by atoms with Gasteiger partial charge in [0, 0.05) is 11.3 Å². The van der Waals surface area contributed by atoms with Crippen molar-refractivity contribution in [2.75, 3.05) is 0 Å². The van der Waals surface area contributed by atoms with E-state index in [1.165, 1.54) is 30.8 Å². The second-order valence-electron chi connectivity index (χ2n) is 5.26. The van der Waals surface area contributed by atoms with Gasteiger partial charge in [0.25, 0.3) is 0 Å². The molecule has 1 aromatic rings. The lowest BCUT2D eigenvalue weighted by Gasteiger charge is -2.05. The summed E-state index contributed by atoms with van der Waals surface area (Å²) in [6.45, 7) is 0. The molecule has 1 aromatic heterocycles. The monoisotopic (exact) mass is 219 g/mol. The molecule has 3 aliphatic carbocycles. The summed E-state index contributed by atoms with van der Waals surface area (Å²) >= 11 is 1.39. The Kier molecular flexibility index (Phi) is 1.52. The summed E-state index contributed by atoms with van der Waals surface area (Å²) in [4.78, 5) is 12.1. The van der Waals surface area contributed by atoms with Gasteiger partial charge in [-0.1, -0.05) is 0 Å². The largest absolute Gasteiger partial charge is 0.292 e. The van der Waals surface area contributed by atoms with Gasteiger partial charge in [-0.25, -0.2) is 0 Å². The molecule has 0 N–H and O–H groups in total. The van der Waals surface area contributed by atoms with Crippen LogP contribution in [0.1, 0.15) is 29.8 Å². The number of carbonyl (C=O) groups excluding carboxylic acids is 1.